The third-order valence-electron chi connectivity index (χ3n) is 4.76. The van der Waals surface area contributed by atoms with Gasteiger partial charge < -0.3 is 9.64 Å². The number of pyridine rings is 1. The van der Waals surface area contributed by atoms with Crippen LogP contribution < -0.4 is 0 Å². The molecule has 138 valence electrons. The maximum absolute atomic E-state index is 12.8. The van der Waals surface area contributed by atoms with Crippen LogP contribution in [0.1, 0.15) is 27.8 Å². The van der Waals surface area contributed by atoms with Gasteiger partial charge in [-0.15, -0.1) is 0 Å². The minimum atomic E-state index is -0.0186. The van der Waals surface area contributed by atoms with Crippen LogP contribution in [0.25, 0.3) is 22.0 Å². The van der Waals surface area contributed by atoms with Crippen molar-refractivity contribution < 1.29 is 14.3 Å². The Morgan fingerprint density at radius 2 is 2.07 bits per heavy atom. The minimum absolute atomic E-state index is 0.0186. The molecule has 0 bridgehead atoms. The van der Waals surface area contributed by atoms with Crippen LogP contribution in [0.4, 0.5) is 0 Å². The summed E-state index contributed by atoms with van der Waals surface area (Å²) >= 11 is 0. The molecular weight excluding hydrogens is 344 g/mol. The lowest BCUT2D eigenvalue weighted by molar-refractivity contribution is 0.0303. The molecule has 1 saturated heterocycles. The van der Waals surface area contributed by atoms with Gasteiger partial charge in [-0.1, -0.05) is 0 Å². The predicted molar refractivity (Wildman–Crippen MR) is 101 cm³/mol. The van der Waals surface area contributed by atoms with Crippen LogP contribution in [-0.4, -0.2) is 58.2 Å². The number of aromatic nitrogens is 3. The first-order valence-corrected chi connectivity index (χ1v) is 8.99. The number of hydrogen-bond donors (Lipinski definition) is 0. The average molecular weight is 364 g/mol. The van der Waals surface area contributed by atoms with Crippen molar-refractivity contribution in [3.63, 3.8) is 0 Å². The van der Waals surface area contributed by atoms with Crippen LogP contribution in [0.2, 0.25) is 0 Å². The van der Waals surface area contributed by atoms with E-state index in [9.17, 15) is 9.59 Å². The monoisotopic (exact) mass is 364 g/mol. The van der Waals surface area contributed by atoms with E-state index in [-0.39, 0.29) is 5.91 Å². The molecule has 3 heterocycles. The van der Waals surface area contributed by atoms with Gasteiger partial charge in [-0.05, 0) is 36.8 Å². The summed E-state index contributed by atoms with van der Waals surface area (Å²) in [5.41, 5.74) is 3.38. The lowest BCUT2D eigenvalue weighted by atomic mass is 10.0. The van der Waals surface area contributed by atoms with Gasteiger partial charge in [0.2, 0.25) is 0 Å². The van der Waals surface area contributed by atoms with E-state index in [0.29, 0.717) is 43.1 Å². The van der Waals surface area contributed by atoms with Crippen molar-refractivity contribution in [1.82, 2.24) is 19.7 Å². The van der Waals surface area contributed by atoms with E-state index in [1.807, 2.05) is 23.9 Å². The third-order valence-corrected chi connectivity index (χ3v) is 4.76. The summed E-state index contributed by atoms with van der Waals surface area (Å²) < 4.78 is 7.15. The summed E-state index contributed by atoms with van der Waals surface area (Å²) in [6.45, 7) is 5.07. The van der Waals surface area contributed by atoms with Crippen molar-refractivity contribution in [3.8, 4) is 11.1 Å². The lowest BCUT2D eigenvalue weighted by Crippen LogP contribution is -2.40. The standard InChI is InChI=1S/C20H20N4O3/c1-2-24-12-15(11-21-24)17-10-16(13-25)22-19-4-3-14(9-18(17)19)20(26)23-5-7-27-8-6-23/h3-4,9-13H,2,5-8H2,1H3. The molecule has 1 aliphatic rings. The van der Waals surface area contributed by atoms with E-state index < -0.39 is 0 Å². The number of nitrogens with zero attached hydrogens (tertiary/aromatic N) is 4. The van der Waals surface area contributed by atoms with Crippen molar-refractivity contribution in [3.05, 3.63) is 47.9 Å². The maximum Gasteiger partial charge on any atom is 0.254 e. The number of carbonyl (C=O) groups is 2. The fourth-order valence-electron chi connectivity index (χ4n) is 3.30. The molecule has 1 aliphatic heterocycles. The lowest BCUT2D eigenvalue weighted by Gasteiger charge is -2.27. The summed E-state index contributed by atoms with van der Waals surface area (Å²) in [4.78, 5) is 30.3. The van der Waals surface area contributed by atoms with Crippen molar-refractivity contribution in [2.45, 2.75) is 13.5 Å². The molecule has 27 heavy (non-hydrogen) atoms. The topological polar surface area (TPSA) is 77.3 Å². The molecule has 1 aromatic carbocycles. The molecule has 0 radical (unpaired) electrons. The van der Waals surface area contributed by atoms with Gasteiger partial charge in [0.05, 0.1) is 24.9 Å². The maximum atomic E-state index is 12.8. The molecule has 2 aromatic heterocycles. The molecule has 0 N–H and O–H groups in total. The van der Waals surface area contributed by atoms with Gasteiger partial charge in [0, 0.05) is 42.3 Å². The highest BCUT2D eigenvalue weighted by molar-refractivity contribution is 6.03. The first-order chi connectivity index (χ1) is 13.2. The average Bonchev–Trinajstić information content (AvgIpc) is 3.21. The number of fused-ring (bicyclic) bond motifs is 1. The quantitative estimate of drug-likeness (QED) is 0.665. The van der Waals surface area contributed by atoms with E-state index >= 15 is 0 Å². The largest absolute Gasteiger partial charge is 0.378 e. The smallest absolute Gasteiger partial charge is 0.254 e. The fourth-order valence-corrected chi connectivity index (χ4v) is 3.30. The summed E-state index contributed by atoms with van der Waals surface area (Å²) in [6, 6.07) is 7.16. The zero-order valence-electron chi connectivity index (χ0n) is 15.1. The summed E-state index contributed by atoms with van der Waals surface area (Å²) in [5, 5.41) is 5.15. The number of benzene rings is 1. The predicted octanol–water partition coefficient (Wildman–Crippen LogP) is 2.40. The fraction of sp³-hybridized carbons (Fsp3) is 0.300. The van der Waals surface area contributed by atoms with E-state index in [4.69, 9.17) is 4.74 Å². The highest BCUT2D eigenvalue weighted by Gasteiger charge is 2.20. The van der Waals surface area contributed by atoms with Gasteiger partial charge in [0.15, 0.2) is 6.29 Å². The second kappa shape index (κ2) is 7.28. The number of morpholine rings is 1. The molecule has 7 heteroatoms. The van der Waals surface area contributed by atoms with E-state index in [1.165, 1.54) is 0 Å². The molecule has 3 aromatic rings. The summed E-state index contributed by atoms with van der Waals surface area (Å²) in [7, 11) is 0. The minimum Gasteiger partial charge on any atom is -0.378 e. The molecule has 4 rings (SSSR count). The first kappa shape index (κ1) is 17.4. The van der Waals surface area contributed by atoms with Gasteiger partial charge in [-0.25, -0.2) is 4.98 Å². The zero-order chi connectivity index (χ0) is 18.8. The van der Waals surface area contributed by atoms with Gasteiger partial charge in [-0.2, -0.15) is 5.10 Å². The Kier molecular flexibility index (Phi) is 4.68. The number of aldehydes is 1. The van der Waals surface area contributed by atoms with Crippen LogP contribution in [0, 0.1) is 0 Å². The molecular formula is C20H20N4O3. The van der Waals surface area contributed by atoms with Crippen molar-refractivity contribution in [2.75, 3.05) is 26.3 Å². The molecule has 0 saturated carbocycles. The van der Waals surface area contributed by atoms with Gasteiger partial charge >= 0.3 is 0 Å². The van der Waals surface area contributed by atoms with Crippen LogP contribution in [0.15, 0.2) is 36.7 Å². The number of aryl methyl sites for hydroxylation is 1. The normalized spacial score (nSPS) is 14.5. The number of amides is 1. The Bertz CT molecular complexity index is 1010. The van der Waals surface area contributed by atoms with Gasteiger partial charge in [0.25, 0.3) is 5.91 Å². The Morgan fingerprint density at radius 1 is 1.26 bits per heavy atom. The van der Waals surface area contributed by atoms with E-state index in [1.54, 1.807) is 29.3 Å². The summed E-state index contributed by atoms with van der Waals surface area (Å²) in [6.07, 6.45) is 4.43. The van der Waals surface area contributed by atoms with E-state index in [0.717, 1.165) is 29.3 Å². The number of hydrogen-bond acceptors (Lipinski definition) is 5. The Hall–Kier alpha value is -3.06. The van der Waals surface area contributed by atoms with Crippen molar-refractivity contribution in [2.24, 2.45) is 0 Å². The van der Waals surface area contributed by atoms with Crippen LogP contribution >= 0.6 is 0 Å². The molecule has 7 nitrogen and oxygen atoms in total. The molecule has 0 atom stereocenters. The van der Waals surface area contributed by atoms with Crippen molar-refractivity contribution in [1.29, 1.82) is 0 Å². The second-order valence-corrected chi connectivity index (χ2v) is 6.43. The molecule has 0 unspecified atom stereocenters. The Labute approximate surface area is 156 Å². The molecule has 0 aliphatic carbocycles. The number of rotatable bonds is 4. The van der Waals surface area contributed by atoms with Gasteiger partial charge in [-0.3, -0.25) is 14.3 Å². The molecule has 0 spiro atoms. The highest BCUT2D eigenvalue weighted by Crippen LogP contribution is 2.29. The Balaban J connectivity index is 1.82. The van der Waals surface area contributed by atoms with Crippen LogP contribution in [0.5, 0.6) is 0 Å². The SMILES string of the molecule is CCn1cc(-c2cc(C=O)nc3ccc(C(=O)N4CCOCC4)cc23)cn1. The van der Waals surface area contributed by atoms with E-state index in [2.05, 4.69) is 10.1 Å². The molecule has 1 fully saturated rings. The highest BCUT2D eigenvalue weighted by atomic mass is 16.5. The first-order valence-electron chi connectivity index (χ1n) is 8.99. The van der Waals surface area contributed by atoms with Crippen molar-refractivity contribution >= 4 is 23.1 Å². The Morgan fingerprint density at radius 3 is 2.78 bits per heavy atom. The van der Waals surface area contributed by atoms with Crippen LogP contribution in [0.3, 0.4) is 0 Å². The van der Waals surface area contributed by atoms with Crippen LogP contribution in [-0.2, 0) is 11.3 Å². The second-order valence-electron chi connectivity index (χ2n) is 6.43. The zero-order valence-corrected chi connectivity index (χ0v) is 15.1. The number of carbonyl (C=O) groups excluding carboxylic acids is 2. The van der Waals surface area contributed by atoms with Gasteiger partial charge in [0.1, 0.15) is 5.69 Å². The third kappa shape index (κ3) is 3.33. The summed E-state index contributed by atoms with van der Waals surface area (Å²) in [5.74, 6) is -0.0186. The number of ether oxygens (including phenoxy) is 1. The molecule has 1 amide bonds.